The van der Waals surface area contributed by atoms with Gasteiger partial charge in [-0.05, 0) is 31.2 Å². The summed E-state index contributed by atoms with van der Waals surface area (Å²) in [5.41, 5.74) is 7.48. The first kappa shape index (κ1) is 27.2. The molecule has 1 heterocycles. The first-order chi connectivity index (χ1) is 15.2. The number of hydrogen-bond acceptors (Lipinski definition) is 9. The van der Waals surface area contributed by atoms with Crippen molar-refractivity contribution in [1.29, 1.82) is 0 Å². The topological polar surface area (TPSA) is 154 Å². The molecule has 1 aromatic carbocycles. The molecule has 0 spiro atoms. The zero-order chi connectivity index (χ0) is 23.9. The Morgan fingerprint density at radius 1 is 1.03 bits per heavy atom. The summed E-state index contributed by atoms with van der Waals surface area (Å²) in [6, 6.07) is 7.36. The summed E-state index contributed by atoms with van der Waals surface area (Å²) in [7, 11) is 1.99. The molecule has 0 bridgehead atoms. The minimum absolute atomic E-state index is 0.0924. The van der Waals surface area contributed by atoms with Gasteiger partial charge in [-0.25, -0.2) is 0 Å². The molecule has 2 rings (SSSR count). The smallest absolute Gasteiger partial charge is 0.373 e. The van der Waals surface area contributed by atoms with Crippen molar-refractivity contribution in [2.75, 3.05) is 71.8 Å². The van der Waals surface area contributed by atoms with E-state index in [1.807, 2.05) is 41.1 Å². The molecule has 4 N–H and O–H groups in total. The van der Waals surface area contributed by atoms with Crippen molar-refractivity contribution < 1.29 is 34.1 Å². The number of carbonyl (C=O) groups excluding carboxylic acids is 2. The lowest BCUT2D eigenvalue weighted by molar-refractivity contribution is -0.191. The van der Waals surface area contributed by atoms with Gasteiger partial charge in [-0.1, -0.05) is 12.1 Å². The quantitative estimate of drug-likeness (QED) is 0.471. The highest BCUT2D eigenvalue weighted by Gasteiger charge is 2.25. The lowest BCUT2D eigenvalue weighted by Crippen LogP contribution is -2.51. The van der Waals surface area contributed by atoms with E-state index in [1.165, 1.54) is 0 Å². The second-order valence-corrected chi connectivity index (χ2v) is 7.59. The first-order valence-corrected chi connectivity index (χ1v) is 10.2. The van der Waals surface area contributed by atoms with Crippen LogP contribution in [0.5, 0.6) is 0 Å². The fourth-order valence-electron chi connectivity index (χ4n) is 3.45. The van der Waals surface area contributed by atoms with Gasteiger partial charge < -0.3 is 25.6 Å². The van der Waals surface area contributed by atoms with Crippen LogP contribution in [0.3, 0.4) is 0 Å². The van der Waals surface area contributed by atoms with E-state index in [4.69, 9.17) is 20.1 Å². The molecule has 32 heavy (non-hydrogen) atoms. The van der Waals surface area contributed by atoms with Crippen LogP contribution in [0.15, 0.2) is 24.3 Å². The minimum atomic E-state index is -0.909. The van der Waals surface area contributed by atoms with Gasteiger partial charge in [-0.3, -0.25) is 19.4 Å². The van der Waals surface area contributed by atoms with E-state index in [1.54, 1.807) is 0 Å². The molecule has 0 saturated carbocycles. The number of rotatable bonds is 6. The van der Waals surface area contributed by atoms with E-state index in [-0.39, 0.29) is 25.3 Å². The molecule has 0 radical (unpaired) electrons. The van der Waals surface area contributed by atoms with Gasteiger partial charge in [0.05, 0.1) is 26.3 Å². The molecule has 11 nitrogen and oxygen atoms in total. The number of hydrogen-bond donors (Lipinski definition) is 3. The van der Waals surface area contributed by atoms with Crippen LogP contribution in [0.4, 0.5) is 5.69 Å². The third kappa shape index (κ3) is 11.5. The third-order valence-electron chi connectivity index (χ3n) is 5.07. The fourth-order valence-corrected chi connectivity index (χ4v) is 3.45. The van der Waals surface area contributed by atoms with Crippen molar-refractivity contribution in [2.24, 2.45) is 0 Å². The van der Waals surface area contributed by atoms with Crippen LogP contribution >= 0.6 is 0 Å². The molecule has 0 unspecified atom stereocenters. The average molecular weight is 453 g/mol. The number of carbonyl (C=O) groups is 2. The Hall–Kier alpha value is -2.82. The maximum atomic E-state index is 11.5. The second-order valence-electron chi connectivity index (χ2n) is 7.59. The van der Waals surface area contributed by atoms with Crippen molar-refractivity contribution in [3.63, 3.8) is 0 Å². The summed E-state index contributed by atoms with van der Waals surface area (Å²) in [6.45, 7) is 3.74. The largest absolute Gasteiger partial charge is 0.480 e. The van der Waals surface area contributed by atoms with E-state index < -0.39 is 11.9 Å². The van der Waals surface area contributed by atoms with Crippen molar-refractivity contribution in [1.82, 2.24) is 14.7 Å². The highest BCUT2D eigenvalue weighted by Crippen LogP contribution is 2.14. The Morgan fingerprint density at radius 3 is 2.22 bits per heavy atom. The fraction of sp³-hybridized carbons (Fsp3) is 0.571. The summed E-state index contributed by atoms with van der Waals surface area (Å²) < 4.78 is 5.65. The molecule has 1 atom stereocenters. The van der Waals surface area contributed by atoms with E-state index in [0.717, 1.165) is 12.1 Å². The number of carboxylic acids is 2. The zero-order valence-corrected chi connectivity index (χ0v) is 18.3. The average Bonchev–Trinajstić information content (AvgIpc) is 2.71. The minimum Gasteiger partial charge on any atom is -0.480 e. The molecule has 178 valence electrons. The maximum absolute atomic E-state index is 11.5. The van der Waals surface area contributed by atoms with Crippen LogP contribution in [0.1, 0.15) is 5.56 Å². The van der Waals surface area contributed by atoms with Gasteiger partial charge in [0, 0.05) is 44.5 Å². The first-order valence-electron chi connectivity index (χ1n) is 10.2. The molecule has 0 aromatic heterocycles. The Kier molecular flexibility index (Phi) is 12.8. The predicted molar refractivity (Wildman–Crippen MR) is 115 cm³/mol. The van der Waals surface area contributed by atoms with Gasteiger partial charge in [-0.15, -0.1) is 0 Å². The number of benzene rings is 1. The monoisotopic (exact) mass is 452 g/mol. The van der Waals surface area contributed by atoms with Crippen molar-refractivity contribution in [3.8, 4) is 0 Å². The molecular weight excluding hydrogens is 420 g/mol. The molecular formula is C21H32N4O7. The molecule has 1 aliphatic rings. The summed E-state index contributed by atoms with van der Waals surface area (Å²) in [4.78, 5) is 45.0. The van der Waals surface area contributed by atoms with E-state index >= 15 is 0 Å². The highest BCUT2D eigenvalue weighted by atomic mass is 16.5. The SMILES string of the molecule is CN1CCOCCN(CC(=O)O)C[C@@H](Cc2ccc(N)cc2)N(CC(=O)O)CC1.O=C=O. The van der Waals surface area contributed by atoms with Gasteiger partial charge in [0.2, 0.25) is 0 Å². The van der Waals surface area contributed by atoms with Crippen LogP contribution < -0.4 is 5.73 Å². The highest BCUT2D eigenvalue weighted by molar-refractivity contribution is 5.69. The molecule has 1 saturated heterocycles. The number of nitrogens with zero attached hydrogens (tertiary/aromatic N) is 3. The Labute approximate surface area is 187 Å². The summed E-state index contributed by atoms with van der Waals surface area (Å²) in [5, 5.41) is 18.7. The number of nitrogen functional groups attached to an aromatic ring is 1. The molecule has 11 heteroatoms. The lowest BCUT2D eigenvalue weighted by Gasteiger charge is -2.36. The summed E-state index contributed by atoms with van der Waals surface area (Å²) in [6.07, 6.45) is 0.855. The molecule has 1 fully saturated rings. The number of aliphatic carboxylic acids is 2. The van der Waals surface area contributed by atoms with Crippen molar-refractivity contribution >= 4 is 23.8 Å². The van der Waals surface area contributed by atoms with Crippen LogP contribution in [0.2, 0.25) is 0 Å². The van der Waals surface area contributed by atoms with Gasteiger partial charge in [-0.2, -0.15) is 9.59 Å². The Morgan fingerprint density at radius 2 is 1.62 bits per heavy atom. The van der Waals surface area contributed by atoms with Gasteiger partial charge in [0.1, 0.15) is 0 Å². The molecule has 0 aliphatic carbocycles. The maximum Gasteiger partial charge on any atom is 0.373 e. The second kappa shape index (κ2) is 15.1. The standard InChI is InChI=1S/C20H32N4O5.CO2/c1-22-6-7-24(15-20(27)28)18(12-16-2-4-17(21)5-3-16)13-23(14-19(25)26)9-11-29-10-8-22;2-1-3/h2-5,18H,6-15,21H2,1H3,(H,25,26)(H,27,28);/t18-;/m1./s1. The van der Waals surface area contributed by atoms with Crippen LogP contribution in [-0.2, 0) is 30.3 Å². The number of likely N-dealkylation sites (N-methyl/N-ethyl adjacent to an activating group) is 1. The van der Waals surface area contributed by atoms with Crippen molar-refractivity contribution in [3.05, 3.63) is 29.8 Å². The van der Waals surface area contributed by atoms with E-state index in [9.17, 15) is 19.8 Å². The summed E-state index contributed by atoms with van der Waals surface area (Å²) in [5.74, 6) is -1.80. The van der Waals surface area contributed by atoms with Crippen molar-refractivity contribution in [2.45, 2.75) is 12.5 Å². The Balaban J connectivity index is 0.00000161. The Bertz CT molecular complexity index is 738. The normalized spacial score (nSPS) is 19.5. The molecule has 0 amide bonds. The van der Waals surface area contributed by atoms with E-state index in [0.29, 0.717) is 51.5 Å². The van der Waals surface area contributed by atoms with Crippen LogP contribution in [-0.4, -0.2) is 115 Å². The van der Waals surface area contributed by atoms with E-state index in [2.05, 4.69) is 4.90 Å². The molecule has 1 aromatic rings. The van der Waals surface area contributed by atoms with Crippen LogP contribution in [0.25, 0.3) is 0 Å². The third-order valence-corrected chi connectivity index (χ3v) is 5.07. The molecule has 1 aliphatic heterocycles. The number of anilines is 1. The van der Waals surface area contributed by atoms with Crippen LogP contribution in [0, 0.1) is 0 Å². The number of ether oxygens (including phenoxy) is 1. The van der Waals surface area contributed by atoms with Gasteiger partial charge in [0.15, 0.2) is 0 Å². The summed E-state index contributed by atoms with van der Waals surface area (Å²) >= 11 is 0. The zero-order valence-electron chi connectivity index (χ0n) is 18.3. The lowest BCUT2D eigenvalue weighted by atomic mass is 10.0. The van der Waals surface area contributed by atoms with Gasteiger partial charge in [0.25, 0.3) is 0 Å². The number of carboxylic acid groups (broad SMARTS) is 2. The number of nitrogens with two attached hydrogens (primary N) is 1. The predicted octanol–water partition coefficient (Wildman–Crippen LogP) is -0.668. The van der Waals surface area contributed by atoms with Gasteiger partial charge >= 0.3 is 18.1 Å².